The molecule has 0 aromatic rings. The maximum absolute atomic E-state index is 10.6. The highest BCUT2D eigenvalue weighted by Gasteiger charge is 2.38. The first-order valence-electron chi connectivity index (χ1n) is 8.65. The Kier molecular flexibility index (Phi) is 7.26. The molecule has 0 spiro atoms. The van der Waals surface area contributed by atoms with Gasteiger partial charge in [-0.2, -0.15) is 5.26 Å². The summed E-state index contributed by atoms with van der Waals surface area (Å²) in [5.74, 6) is 0. The van der Waals surface area contributed by atoms with Crippen LogP contribution in [0.5, 0.6) is 0 Å². The van der Waals surface area contributed by atoms with Crippen LogP contribution in [-0.2, 0) is 9.16 Å². The third kappa shape index (κ3) is 6.08. The molecule has 0 radical (unpaired) electrons. The molecule has 0 saturated carbocycles. The molecule has 1 fully saturated rings. The Morgan fingerprint density at radius 3 is 2.62 bits per heavy atom. The van der Waals surface area contributed by atoms with Crippen LogP contribution in [0.1, 0.15) is 46.5 Å². The van der Waals surface area contributed by atoms with E-state index in [1.165, 1.54) is 0 Å². The summed E-state index contributed by atoms with van der Waals surface area (Å²) in [4.78, 5) is 10.6. The molecule has 2 unspecified atom stereocenters. The molecule has 0 aromatic heterocycles. The number of carboxylic acid groups (broad SMARTS) is 1. The fourth-order valence-corrected chi connectivity index (χ4v) is 3.55. The highest BCUT2D eigenvalue weighted by Crippen LogP contribution is 2.37. The molecule has 0 aliphatic carbocycles. The molecule has 2 atom stereocenters. The zero-order valence-electron chi connectivity index (χ0n) is 15.6. The molecule has 6 nitrogen and oxygen atoms in total. The second-order valence-corrected chi connectivity index (χ2v) is 13.1. The number of ether oxygens (including phenoxy) is 1. The molecule has 1 aliphatic rings. The number of nitrogens with zero attached hydrogens (tertiary/aromatic N) is 1. The van der Waals surface area contributed by atoms with E-state index in [1.54, 1.807) is 0 Å². The normalized spacial score (nSPS) is 25.1. The van der Waals surface area contributed by atoms with Gasteiger partial charge in [0, 0.05) is 13.2 Å². The molecule has 1 amide bonds. The van der Waals surface area contributed by atoms with Gasteiger partial charge in [0.25, 0.3) is 0 Å². The lowest BCUT2D eigenvalue weighted by atomic mass is 9.82. The molecule has 2 N–H and O–H groups in total. The smallest absolute Gasteiger partial charge is 0.404 e. The topological polar surface area (TPSA) is 91.6 Å². The van der Waals surface area contributed by atoms with Gasteiger partial charge in [0.2, 0.25) is 0 Å². The molecule has 138 valence electrons. The van der Waals surface area contributed by atoms with Crippen molar-refractivity contribution < 1.29 is 19.1 Å². The Balaban J connectivity index is 2.32. The quantitative estimate of drug-likeness (QED) is 0.535. The Labute approximate surface area is 146 Å². The van der Waals surface area contributed by atoms with Crippen LogP contribution in [0.15, 0.2) is 0 Å². The number of hydrogen-bond acceptors (Lipinski definition) is 4. The molecule has 1 aliphatic heterocycles. The van der Waals surface area contributed by atoms with Crippen LogP contribution in [-0.4, -0.2) is 45.4 Å². The molecule has 0 aromatic carbocycles. The number of nitrogens with one attached hydrogen (secondary N) is 1. The van der Waals surface area contributed by atoms with Gasteiger partial charge in [0.05, 0.1) is 24.2 Å². The highest BCUT2D eigenvalue weighted by molar-refractivity contribution is 6.74. The second kappa shape index (κ2) is 8.32. The van der Waals surface area contributed by atoms with Gasteiger partial charge in [-0.15, -0.1) is 0 Å². The first-order valence-corrected chi connectivity index (χ1v) is 11.6. The van der Waals surface area contributed by atoms with Crippen molar-refractivity contribution in [1.82, 2.24) is 5.32 Å². The number of amides is 1. The molecular formula is C17H32N2O4Si. The molecule has 24 heavy (non-hydrogen) atoms. The third-order valence-corrected chi connectivity index (χ3v) is 9.83. The lowest BCUT2D eigenvalue weighted by Gasteiger charge is -2.37. The Bertz CT molecular complexity index is 460. The molecule has 1 heterocycles. The van der Waals surface area contributed by atoms with Crippen LogP contribution in [0, 0.1) is 16.7 Å². The number of nitriles is 1. The standard InChI is InChI=1S/C17H32N2O4Si/c1-16(2,3)24(4,5)23-10-6-7-14-8-9-17(11-18,13-22-14)12-19-15(20)21/h14,19H,6-10,12-13H2,1-5H3,(H,20,21). The molecule has 1 rings (SSSR count). The summed E-state index contributed by atoms with van der Waals surface area (Å²) in [6.07, 6.45) is 2.35. The summed E-state index contributed by atoms with van der Waals surface area (Å²) in [6, 6.07) is 2.23. The predicted molar refractivity (Wildman–Crippen MR) is 95.4 cm³/mol. The first kappa shape index (κ1) is 20.9. The van der Waals surface area contributed by atoms with Crippen molar-refractivity contribution in [3.63, 3.8) is 0 Å². The maximum Gasteiger partial charge on any atom is 0.404 e. The van der Waals surface area contributed by atoms with Crippen LogP contribution in [0.2, 0.25) is 18.1 Å². The molecular weight excluding hydrogens is 324 g/mol. The van der Waals surface area contributed by atoms with Crippen LogP contribution < -0.4 is 5.32 Å². The van der Waals surface area contributed by atoms with Crippen molar-refractivity contribution in [3.8, 4) is 6.07 Å². The van der Waals surface area contributed by atoms with Gasteiger partial charge < -0.3 is 19.6 Å². The van der Waals surface area contributed by atoms with Crippen LogP contribution in [0.25, 0.3) is 0 Å². The number of hydrogen-bond donors (Lipinski definition) is 2. The summed E-state index contributed by atoms with van der Waals surface area (Å²) < 4.78 is 12.0. The summed E-state index contributed by atoms with van der Waals surface area (Å²) in [5, 5.41) is 20.6. The zero-order valence-corrected chi connectivity index (χ0v) is 16.6. The molecule has 1 saturated heterocycles. The van der Waals surface area contributed by atoms with Crippen molar-refractivity contribution >= 4 is 14.4 Å². The zero-order chi connectivity index (χ0) is 18.4. The Hall–Kier alpha value is -1.10. The van der Waals surface area contributed by atoms with E-state index in [1.807, 2.05) is 0 Å². The van der Waals surface area contributed by atoms with Crippen molar-refractivity contribution in [2.75, 3.05) is 19.8 Å². The lowest BCUT2D eigenvalue weighted by molar-refractivity contribution is -0.0447. The maximum atomic E-state index is 10.6. The van der Waals surface area contributed by atoms with Gasteiger partial charge in [-0.05, 0) is 43.8 Å². The van der Waals surface area contributed by atoms with Crippen molar-refractivity contribution in [2.24, 2.45) is 5.41 Å². The predicted octanol–water partition coefficient (Wildman–Crippen LogP) is 3.74. The van der Waals surface area contributed by atoms with E-state index in [9.17, 15) is 10.1 Å². The van der Waals surface area contributed by atoms with Gasteiger partial charge in [0.1, 0.15) is 0 Å². The first-order chi connectivity index (χ1) is 11.0. The van der Waals surface area contributed by atoms with Crippen LogP contribution >= 0.6 is 0 Å². The third-order valence-electron chi connectivity index (χ3n) is 5.29. The van der Waals surface area contributed by atoms with Crippen LogP contribution in [0.3, 0.4) is 0 Å². The Morgan fingerprint density at radius 2 is 2.17 bits per heavy atom. The van der Waals surface area contributed by atoms with E-state index in [0.717, 1.165) is 25.9 Å². The van der Waals surface area contributed by atoms with Gasteiger partial charge >= 0.3 is 6.09 Å². The number of carbonyl (C=O) groups is 1. The fraction of sp³-hybridized carbons (Fsp3) is 0.882. The van der Waals surface area contributed by atoms with E-state index < -0.39 is 19.8 Å². The van der Waals surface area contributed by atoms with Crippen molar-refractivity contribution in [1.29, 1.82) is 5.26 Å². The average Bonchev–Trinajstić information content (AvgIpc) is 2.50. The van der Waals surface area contributed by atoms with Gasteiger partial charge in [0.15, 0.2) is 8.32 Å². The minimum absolute atomic E-state index is 0.125. The molecule has 0 bridgehead atoms. The van der Waals surface area contributed by atoms with E-state index in [4.69, 9.17) is 14.3 Å². The largest absolute Gasteiger partial charge is 0.465 e. The second-order valence-electron chi connectivity index (χ2n) is 8.27. The van der Waals surface area contributed by atoms with E-state index in [0.29, 0.717) is 6.42 Å². The van der Waals surface area contributed by atoms with Crippen LogP contribution in [0.4, 0.5) is 4.79 Å². The van der Waals surface area contributed by atoms with Crippen molar-refractivity contribution in [2.45, 2.75) is 70.7 Å². The SMILES string of the molecule is CC(C)(C)[Si](C)(C)OCCCC1CCC(C#N)(CNC(=O)O)CO1. The minimum atomic E-state index is -1.69. The minimum Gasteiger partial charge on any atom is -0.465 e. The number of rotatable bonds is 7. The molecule has 7 heteroatoms. The van der Waals surface area contributed by atoms with E-state index in [2.05, 4.69) is 45.3 Å². The summed E-state index contributed by atoms with van der Waals surface area (Å²) >= 11 is 0. The van der Waals surface area contributed by atoms with Gasteiger partial charge in [-0.3, -0.25) is 0 Å². The fourth-order valence-electron chi connectivity index (χ4n) is 2.46. The van der Waals surface area contributed by atoms with Gasteiger partial charge in [-0.25, -0.2) is 4.79 Å². The average molecular weight is 357 g/mol. The lowest BCUT2D eigenvalue weighted by Crippen LogP contribution is -2.44. The van der Waals surface area contributed by atoms with Gasteiger partial charge in [-0.1, -0.05) is 20.8 Å². The van der Waals surface area contributed by atoms with Crippen molar-refractivity contribution in [3.05, 3.63) is 0 Å². The van der Waals surface area contributed by atoms with E-state index >= 15 is 0 Å². The summed E-state index contributed by atoms with van der Waals surface area (Å²) in [5.41, 5.74) is -0.730. The summed E-state index contributed by atoms with van der Waals surface area (Å²) in [6.45, 7) is 12.4. The monoisotopic (exact) mass is 356 g/mol. The Morgan fingerprint density at radius 1 is 1.50 bits per heavy atom. The van der Waals surface area contributed by atoms with E-state index in [-0.39, 0.29) is 24.3 Å². The highest BCUT2D eigenvalue weighted by atomic mass is 28.4. The summed E-state index contributed by atoms with van der Waals surface area (Å²) in [7, 11) is -1.69.